The number of alkyl halides is 2. The molecule has 27 heavy (non-hydrogen) atoms. The van der Waals surface area contributed by atoms with Crippen LogP contribution in [0, 0.1) is 18.8 Å². The summed E-state index contributed by atoms with van der Waals surface area (Å²) in [5.41, 5.74) is 2.47. The smallest absolute Gasteiger partial charge is 0.415 e. The quantitative estimate of drug-likeness (QED) is 0.310. The van der Waals surface area contributed by atoms with Crippen molar-refractivity contribution in [2.75, 3.05) is 0 Å². The molecule has 0 radical (unpaired) electrons. The molecule has 0 saturated heterocycles. The van der Waals surface area contributed by atoms with E-state index in [4.69, 9.17) is 4.74 Å². The predicted octanol–water partition coefficient (Wildman–Crippen LogP) is 4.06. The third-order valence-corrected chi connectivity index (χ3v) is 6.29. The molecule has 0 bridgehead atoms. The average Bonchev–Trinajstić information content (AvgIpc) is 2.67. The second kappa shape index (κ2) is 8.86. The highest BCUT2D eigenvalue weighted by atomic mass is 32.2. The number of carbonyl (C=O) groups excluding carboxylic acids is 1. The van der Waals surface area contributed by atoms with Gasteiger partial charge in [0.15, 0.2) is 0 Å². The molecular formula is C19H23F2O5S-. The van der Waals surface area contributed by atoms with Crippen molar-refractivity contribution >= 4 is 18.0 Å². The van der Waals surface area contributed by atoms with E-state index >= 15 is 0 Å². The highest BCUT2D eigenvalue weighted by Gasteiger charge is 2.48. The maximum absolute atomic E-state index is 13.7. The van der Waals surface area contributed by atoms with Gasteiger partial charge in [-0.1, -0.05) is 36.2 Å². The van der Waals surface area contributed by atoms with Gasteiger partial charge in [-0.25, -0.2) is 4.79 Å². The van der Waals surface area contributed by atoms with Crippen LogP contribution in [-0.4, -0.2) is 17.3 Å². The van der Waals surface area contributed by atoms with E-state index in [-0.39, 0.29) is 5.92 Å². The Hall–Kier alpha value is -1.22. The van der Waals surface area contributed by atoms with E-state index in [2.05, 4.69) is 33.6 Å². The minimum Gasteiger partial charge on any atom is -0.691 e. The van der Waals surface area contributed by atoms with E-state index in [1.807, 2.05) is 6.92 Å². The van der Waals surface area contributed by atoms with Gasteiger partial charge in [0.2, 0.25) is 0 Å². The lowest BCUT2D eigenvalue weighted by Crippen LogP contribution is -2.43. The maximum atomic E-state index is 13.7. The molecule has 0 aliphatic heterocycles. The summed E-state index contributed by atoms with van der Waals surface area (Å²) in [5.74, 6) is -0.943. The first-order valence-corrected chi connectivity index (χ1v) is 9.96. The van der Waals surface area contributed by atoms with Crippen molar-refractivity contribution in [1.29, 1.82) is 0 Å². The van der Waals surface area contributed by atoms with E-state index < -0.39 is 29.4 Å². The van der Waals surface area contributed by atoms with Gasteiger partial charge in [-0.2, -0.15) is 13.1 Å². The molecule has 0 aromatic heterocycles. The first kappa shape index (κ1) is 20.5. The first-order chi connectivity index (χ1) is 12.9. The number of benzene rings is 1. The van der Waals surface area contributed by atoms with E-state index in [9.17, 15) is 18.8 Å². The number of fused-ring (bicyclic) bond motifs is 1. The lowest BCUT2D eigenvalue weighted by molar-refractivity contribution is -0.777. The molecule has 8 heteroatoms. The van der Waals surface area contributed by atoms with Gasteiger partial charge < -0.3 is 9.99 Å². The highest BCUT2D eigenvalue weighted by molar-refractivity contribution is 7.96. The Morgan fingerprint density at radius 1 is 1.11 bits per heavy atom. The van der Waals surface area contributed by atoms with Crippen LogP contribution in [0.25, 0.3) is 0 Å². The Balaban J connectivity index is 1.70. The molecule has 2 aliphatic carbocycles. The van der Waals surface area contributed by atoms with Crippen LogP contribution in [0.1, 0.15) is 55.6 Å². The molecular weight excluding hydrogens is 378 g/mol. The van der Waals surface area contributed by atoms with Crippen LogP contribution in [0.2, 0.25) is 0 Å². The fraction of sp³-hybridized carbons (Fsp3) is 0.632. The fourth-order valence-corrected chi connectivity index (χ4v) is 4.85. The molecule has 1 aromatic carbocycles. The van der Waals surface area contributed by atoms with Crippen LogP contribution in [0.4, 0.5) is 8.78 Å². The SMILES string of the molecule is Cc1ccc(C2CCCC3C(OC(=O)C(F)(F)SOO[O-])CCCC23)cc1. The third kappa shape index (κ3) is 4.80. The Kier molecular flexibility index (Phi) is 6.73. The molecule has 1 aromatic rings. The van der Waals surface area contributed by atoms with Crippen LogP contribution < -0.4 is 5.26 Å². The lowest BCUT2D eigenvalue weighted by atomic mass is 9.62. The minimum atomic E-state index is -3.98. The molecule has 0 spiro atoms. The van der Waals surface area contributed by atoms with E-state index in [0.29, 0.717) is 18.3 Å². The first-order valence-electron chi connectivity index (χ1n) is 9.22. The molecule has 150 valence electrons. The number of hydrogen-bond donors (Lipinski definition) is 0. The largest absolute Gasteiger partial charge is 0.691 e. The monoisotopic (exact) mass is 401 g/mol. The zero-order valence-corrected chi connectivity index (χ0v) is 15.9. The van der Waals surface area contributed by atoms with Crippen molar-refractivity contribution in [3.8, 4) is 0 Å². The number of rotatable bonds is 6. The molecule has 3 rings (SSSR count). The maximum Gasteiger partial charge on any atom is 0.415 e. The van der Waals surface area contributed by atoms with Crippen LogP contribution in [0.3, 0.4) is 0 Å². The number of ether oxygens (including phenoxy) is 1. The number of hydrogen-bond acceptors (Lipinski definition) is 6. The summed E-state index contributed by atoms with van der Waals surface area (Å²) in [6.45, 7) is 2.04. The van der Waals surface area contributed by atoms with Gasteiger partial charge in [0.25, 0.3) is 0 Å². The van der Waals surface area contributed by atoms with Crippen LogP contribution in [-0.2, 0) is 18.9 Å². The highest BCUT2D eigenvalue weighted by Crippen LogP contribution is 2.49. The molecule has 5 nitrogen and oxygen atoms in total. The zero-order chi connectivity index (χ0) is 19.4. The molecule has 4 unspecified atom stereocenters. The summed E-state index contributed by atoms with van der Waals surface area (Å²) in [6, 6.07) is 8.47. The number of aryl methyl sites for hydroxylation is 1. The second-order valence-corrected chi connectivity index (χ2v) is 8.20. The van der Waals surface area contributed by atoms with Gasteiger partial charge in [-0.15, -0.1) is 0 Å². The summed E-state index contributed by atoms with van der Waals surface area (Å²) < 4.78 is 36.2. The van der Waals surface area contributed by atoms with Crippen molar-refractivity contribution in [2.45, 2.75) is 62.7 Å². The minimum absolute atomic E-state index is 0.0697. The molecule has 0 N–H and O–H groups in total. The van der Waals surface area contributed by atoms with Crippen molar-refractivity contribution in [3.05, 3.63) is 35.4 Å². The number of halogens is 2. The molecule has 2 aliphatic rings. The topological polar surface area (TPSA) is 67.8 Å². The molecule has 0 heterocycles. The van der Waals surface area contributed by atoms with Gasteiger partial charge in [0, 0.05) is 0 Å². The van der Waals surface area contributed by atoms with Gasteiger partial charge in [0.1, 0.15) is 18.1 Å². The fourth-order valence-electron chi connectivity index (χ4n) is 4.62. The Labute approximate surface area is 161 Å². The van der Waals surface area contributed by atoms with Gasteiger partial charge in [0.05, 0.1) is 0 Å². The Bertz CT molecular complexity index is 639. The summed E-state index contributed by atoms with van der Waals surface area (Å²) in [5, 5.41) is 8.66. The van der Waals surface area contributed by atoms with E-state index in [0.717, 1.165) is 32.1 Å². The third-order valence-electron chi connectivity index (χ3n) is 5.79. The van der Waals surface area contributed by atoms with Gasteiger partial charge in [-0.3, -0.25) is 5.04 Å². The summed E-state index contributed by atoms with van der Waals surface area (Å²) in [7, 11) is 0. The van der Waals surface area contributed by atoms with Crippen LogP contribution in [0.15, 0.2) is 24.3 Å². The van der Waals surface area contributed by atoms with Crippen LogP contribution >= 0.6 is 12.0 Å². The molecule has 4 atom stereocenters. The second-order valence-electron chi connectivity index (χ2n) is 7.39. The van der Waals surface area contributed by atoms with Gasteiger partial charge >= 0.3 is 11.2 Å². The van der Waals surface area contributed by atoms with Crippen molar-refractivity contribution < 1.29 is 32.9 Å². The zero-order valence-electron chi connectivity index (χ0n) is 15.1. The Morgan fingerprint density at radius 3 is 2.48 bits per heavy atom. The summed E-state index contributed by atoms with van der Waals surface area (Å²) in [4.78, 5) is 11.9. The van der Waals surface area contributed by atoms with E-state index in [1.54, 1.807) is 0 Å². The summed E-state index contributed by atoms with van der Waals surface area (Å²) in [6.07, 6.45) is 4.79. The normalized spacial score (nSPS) is 28.4. The van der Waals surface area contributed by atoms with E-state index in [1.165, 1.54) is 11.1 Å². The van der Waals surface area contributed by atoms with Crippen molar-refractivity contribution in [3.63, 3.8) is 0 Å². The molecule has 2 saturated carbocycles. The van der Waals surface area contributed by atoms with Crippen LogP contribution in [0.5, 0.6) is 0 Å². The molecule has 0 amide bonds. The van der Waals surface area contributed by atoms with Crippen molar-refractivity contribution in [1.82, 2.24) is 0 Å². The molecule has 2 fully saturated rings. The Morgan fingerprint density at radius 2 is 1.78 bits per heavy atom. The summed E-state index contributed by atoms with van der Waals surface area (Å²) >= 11 is -0.639. The lowest BCUT2D eigenvalue weighted by Gasteiger charge is -2.45. The van der Waals surface area contributed by atoms with Crippen molar-refractivity contribution in [2.24, 2.45) is 11.8 Å². The number of carbonyl (C=O) groups is 1. The number of esters is 1. The standard InChI is InChI=1S/C19H24F2O5S/c1-12-8-10-13(11-9-12)14-4-2-6-16-15(14)5-3-7-17(16)24-18(22)19(20,21)27-26-25-23/h8-11,14-17,23H,2-7H2,1H3/p-1. The predicted molar refractivity (Wildman–Crippen MR) is 93.2 cm³/mol. The average molecular weight is 401 g/mol. The van der Waals surface area contributed by atoms with Gasteiger partial charge in [-0.05, 0) is 62.3 Å².